The van der Waals surface area contributed by atoms with Gasteiger partial charge in [0, 0.05) is 32.5 Å². The van der Waals surface area contributed by atoms with Crippen molar-refractivity contribution in [3.05, 3.63) is 35.9 Å². The number of carbonyl (C=O) groups is 7. The zero-order valence-electron chi connectivity index (χ0n) is 31.5. The van der Waals surface area contributed by atoms with E-state index < -0.39 is 105 Å². The maximum atomic E-state index is 14.0. The second kappa shape index (κ2) is 16.2. The van der Waals surface area contributed by atoms with Crippen LogP contribution in [-0.4, -0.2) is 118 Å². The Bertz CT molecular complexity index is 1680. The smallest absolute Gasteiger partial charge is 0.427 e. The summed E-state index contributed by atoms with van der Waals surface area (Å²) in [4.78, 5) is 92.9. The minimum absolute atomic E-state index is 0.0138. The number of likely N-dealkylation sites (tertiary alicyclic amines) is 1. The monoisotopic (exact) mass is 818 g/mol. The first kappa shape index (κ1) is 43.6. The molecule has 0 spiro atoms. The first-order chi connectivity index (χ1) is 25.3. The lowest BCUT2D eigenvalue weighted by Gasteiger charge is -2.37. The van der Waals surface area contributed by atoms with Crippen molar-refractivity contribution in [2.45, 2.75) is 99.6 Å². The van der Waals surface area contributed by atoms with E-state index in [4.69, 9.17) is 23.2 Å². The number of likely N-dealkylation sites (N-methyl/N-ethyl adjacent to an activating group) is 1. The van der Waals surface area contributed by atoms with Gasteiger partial charge in [-0.25, -0.2) is 4.79 Å². The summed E-state index contributed by atoms with van der Waals surface area (Å²) in [5.74, 6) is -6.15. The minimum Gasteiger partial charge on any atom is -0.434 e. The van der Waals surface area contributed by atoms with Gasteiger partial charge in [0.15, 0.2) is 0 Å². The summed E-state index contributed by atoms with van der Waals surface area (Å²) in [5.41, 5.74) is -2.41. The van der Waals surface area contributed by atoms with Crippen LogP contribution in [0.25, 0.3) is 0 Å². The molecule has 1 heterocycles. The molecule has 0 radical (unpaired) electrons. The first-order valence-corrected chi connectivity index (χ1v) is 18.5. The van der Waals surface area contributed by atoms with E-state index in [1.807, 2.05) is 0 Å². The number of benzene rings is 1. The van der Waals surface area contributed by atoms with Crippen LogP contribution in [0.4, 0.5) is 18.0 Å². The lowest BCUT2D eigenvalue weighted by molar-refractivity contribution is -0.244. The number of fused-ring (bicyclic) bond motifs is 1. The van der Waals surface area contributed by atoms with Crippen molar-refractivity contribution in [2.24, 2.45) is 17.8 Å². The minimum atomic E-state index is -4.93. The van der Waals surface area contributed by atoms with Crippen molar-refractivity contribution in [3.8, 4) is 0 Å². The average Bonchev–Trinajstić information content (AvgIpc) is 3.93. The molecule has 3 fully saturated rings. The van der Waals surface area contributed by atoms with Crippen LogP contribution in [0, 0.1) is 17.8 Å². The number of alkyl carbamates (subject to hydrolysis) is 1. The Morgan fingerprint density at radius 2 is 1.58 bits per heavy atom. The molecule has 7 atom stereocenters. The fourth-order valence-corrected chi connectivity index (χ4v) is 7.15. The Labute approximate surface area is 326 Å². The molecular formula is C36H47Cl2F3N6O8. The van der Waals surface area contributed by atoms with Gasteiger partial charge in [0.2, 0.25) is 35.0 Å². The van der Waals surface area contributed by atoms with Gasteiger partial charge in [-0.2, -0.15) is 13.2 Å². The number of ketones is 1. The van der Waals surface area contributed by atoms with Crippen LogP contribution >= 0.6 is 23.2 Å². The number of alkyl halides is 5. The summed E-state index contributed by atoms with van der Waals surface area (Å²) < 4.78 is 44.8. The van der Waals surface area contributed by atoms with E-state index in [1.54, 1.807) is 37.3 Å². The average molecular weight is 820 g/mol. The van der Waals surface area contributed by atoms with Gasteiger partial charge in [-0.15, -0.1) is 23.2 Å². The van der Waals surface area contributed by atoms with Gasteiger partial charge >= 0.3 is 12.3 Å². The highest BCUT2D eigenvalue weighted by Gasteiger charge is 2.72. The fraction of sp³-hybridized carbons (Fsp3) is 0.639. The molecule has 14 nitrogen and oxygen atoms in total. The molecule has 1 aromatic carbocycles. The standard InChI is InChI=1S/C36H47Cl2F3N6O8/c1-33(2,37)27(45-32(54)55-34(3,4)36(39,40)41)31(53)47-17-20-23(35(20,5)38)25(47)28(50)43-21(15-18-13-14-18)26(49)29(51)42-16-22(48)44-24(30(52)46(6)7)19-11-9-8-10-12-19/h8-12,18,20-21,23-25,27H,13-17H2,1-7H3,(H,42,51)(H,43,50)(H,44,48)(H,45,54)/t20-,21?,23-,24?,25-,27+,35?/m0/s1. The largest absolute Gasteiger partial charge is 0.434 e. The SMILES string of the molecule is CN(C)C(=O)C(NC(=O)CNC(=O)C(=O)C(CC1CC1)NC(=O)[C@@H]1[C@@H]2[C@H](CN1C(=O)[C@@H](NC(=O)OC(C)(C)C(F)(F)F)C(C)(C)Cl)C2(C)Cl)c1ccccc1. The van der Waals surface area contributed by atoms with E-state index in [1.165, 1.54) is 32.8 Å². The molecule has 1 saturated heterocycles. The van der Waals surface area contributed by atoms with Crippen molar-refractivity contribution >= 4 is 64.6 Å². The Morgan fingerprint density at radius 3 is 2.11 bits per heavy atom. The van der Waals surface area contributed by atoms with Crippen LogP contribution in [0.2, 0.25) is 0 Å². The molecule has 0 aromatic heterocycles. The van der Waals surface area contributed by atoms with Crippen LogP contribution in [0.5, 0.6) is 0 Å². The van der Waals surface area contributed by atoms with Crippen LogP contribution in [0.3, 0.4) is 0 Å². The molecule has 2 aliphatic carbocycles. The van der Waals surface area contributed by atoms with Gasteiger partial charge in [-0.05, 0) is 52.5 Å². The van der Waals surface area contributed by atoms with Crippen molar-refractivity contribution in [1.82, 2.24) is 31.1 Å². The van der Waals surface area contributed by atoms with Crippen LogP contribution < -0.4 is 21.3 Å². The summed E-state index contributed by atoms with van der Waals surface area (Å²) >= 11 is 13.2. The third kappa shape index (κ3) is 10.2. The van der Waals surface area contributed by atoms with Gasteiger partial charge in [0.05, 0.1) is 22.3 Å². The van der Waals surface area contributed by atoms with Gasteiger partial charge in [-0.1, -0.05) is 43.2 Å². The van der Waals surface area contributed by atoms with E-state index in [0.29, 0.717) is 19.4 Å². The molecule has 55 heavy (non-hydrogen) atoms. The van der Waals surface area contributed by atoms with Crippen molar-refractivity contribution < 1.29 is 51.5 Å². The summed E-state index contributed by atoms with van der Waals surface area (Å²) in [7, 11) is 3.04. The third-order valence-electron chi connectivity index (χ3n) is 10.2. The highest BCUT2D eigenvalue weighted by Crippen LogP contribution is 2.62. The number of carbonyl (C=O) groups excluding carboxylic acids is 7. The number of Topliss-reactive ketones (excluding diaryl/α,β-unsaturated/α-hetero) is 1. The normalized spacial score (nSPS) is 23.6. The first-order valence-electron chi connectivity index (χ1n) is 17.7. The number of nitrogens with zero attached hydrogens (tertiary/aromatic N) is 2. The third-order valence-corrected chi connectivity index (χ3v) is 11.0. The summed E-state index contributed by atoms with van der Waals surface area (Å²) in [6.07, 6.45) is -4.94. The lowest BCUT2D eigenvalue weighted by atomic mass is 9.99. The van der Waals surface area contributed by atoms with E-state index in [2.05, 4.69) is 26.0 Å². The highest BCUT2D eigenvalue weighted by molar-refractivity contribution is 6.38. The van der Waals surface area contributed by atoms with Crippen LogP contribution in [0.1, 0.15) is 65.5 Å². The molecule has 1 aromatic rings. The number of hydrogen-bond acceptors (Lipinski definition) is 8. The lowest BCUT2D eigenvalue weighted by Crippen LogP contribution is -2.62. The van der Waals surface area contributed by atoms with E-state index in [-0.39, 0.29) is 18.9 Å². The van der Waals surface area contributed by atoms with E-state index in [9.17, 15) is 46.7 Å². The molecule has 2 saturated carbocycles. The second-order valence-corrected chi connectivity index (χ2v) is 17.5. The molecule has 4 N–H and O–H groups in total. The molecule has 4 rings (SSSR count). The Balaban J connectivity index is 1.47. The quantitative estimate of drug-likeness (QED) is 0.154. The summed E-state index contributed by atoms with van der Waals surface area (Å²) in [6.45, 7) is 4.88. The number of hydrogen-bond donors (Lipinski definition) is 4. The number of amides is 6. The van der Waals surface area contributed by atoms with Gasteiger partial charge in [0.1, 0.15) is 18.1 Å². The van der Waals surface area contributed by atoms with Crippen LogP contribution in [-0.2, 0) is 33.5 Å². The van der Waals surface area contributed by atoms with Crippen molar-refractivity contribution in [3.63, 3.8) is 0 Å². The molecule has 0 bridgehead atoms. The van der Waals surface area contributed by atoms with E-state index >= 15 is 0 Å². The molecule has 6 amide bonds. The molecule has 3 aliphatic rings. The topological polar surface area (TPSA) is 183 Å². The fourth-order valence-electron chi connectivity index (χ4n) is 6.59. The maximum absolute atomic E-state index is 14.0. The zero-order valence-corrected chi connectivity index (χ0v) is 33.0. The summed E-state index contributed by atoms with van der Waals surface area (Å²) in [6, 6.07) is 3.02. The van der Waals surface area contributed by atoms with Gasteiger partial charge in [-0.3, -0.25) is 28.8 Å². The molecular weight excluding hydrogens is 772 g/mol. The van der Waals surface area contributed by atoms with Crippen molar-refractivity contribution in [1.29, 1.82) is 0 Å². The number of ether oxygens (including phenoxy) is 1. The second-order valence-electron chi connectivity index (χ2n) is 15.7. The highest BCUT2D eigenvalue weighted by atomic mass is 35.5. The molecule has 304 valence electrons. The molecule has 3 unspecified atom stereocenters. The summed E-state index contributed by atoms with van der Waals surface area (Å²) in [5, 5.41) is 9.55. The predicted molar refractivity (Wildman–Crippen MR) is 194 cm³/mol. The number of piperidine rings is 1. The van der Waals surface area contributed by atoms with Crippen molar-refractivity contribution in [2.75, 3.05) is 27.2 Å². The molecule has 1 aliphatic heterocycles. The molecule has 19 heteroatoms. The number of halogens is 5. The number of nitrogens with one attached hydrogen (secondary N) is 4. The predicted octanol–water partition coefficient (Wildman–Crippen LogP) is 2.81. The van der Waals surface area contributed by atoms with Gasteiger partial charge < -0.3 is 35.8 Å². The van der Waals surface area contributed by atoms with Gasteiger partial charge in [0.25, 0.3) is 5.91 Å². The Hall–Kier alpha value is -4.12. The van der Waals surface area contributed by atoms with Crippen LogP contribution in [0.15, 0.2) is 30.3 Å². The maximum Gasteiger partial charge on any atom is 0.427 e. The Kier molecular flexibility index (Phi) is 12.8. The van der Waals surface area contributed by atoms with E-state index in [0.717, 1.165) is 17.7 Å². The zero-order chi connectivity index (χ0) is 41.4. The Morgan fingerprint density at radius 1 is 0.982 bits per heavy atom. The number of rotatable bonds is 15.